The lowest BCUT2D eigenvalue weighted by atomic mass is 10.2. The first-order chi connectivity index (χ1) is 6.90. The molecule has 1 fully saturated rings. The van der Waals surface area contributed by atoms with E-state index in [0.29, 0.717) is 5.88 Å². The number of morpholine rings is 1. The molecule has 0 N–H and O–H groups in total. The van der Waals surface area contributed by atoms with Crippen LogP contribution in [0, 0.1) is 0 Å². The number of furan rings is 1. The van der Waals surface area contributed by atoms with Crippen molar-refractivity contribution in [3.8, 4) is 0 Å². The lowest BCUT2D eigenvalue weighted by molar-refractivity contribution is -0.0380. The average molecular weight is 252 g/mol. The maximum absolute atomic E-state index is 5.70. The van der Waals surface area contributed by atoms with E-state index >= 15 is 0 Å². The van der Waals surface area contributed by atoms with Crippen LogP contribution < -0.4 is 0 Å². The van der Waals surface area contributed by atoms with Crippen LogP contribution >= 0.6 is 24.0 Å². The molecule has 0 bridgehead atoms. The zero-order chi connectivity index (χ0) is 9.80. The number of alkyl halides is 1. The van der Waals surface area contributed by atoms with Crippen LogP contribution in [0.1, 0.15) is 11.9 Å². The van der Waals surface area contributed by atoms with Crippen molar-refractivity contribution >= 4 is 24.0 Å². The number of rotatable bonds is 3. The molecule has 3 nitrogen and oxygen atoms in total. The zero-order valence-corrected chi connectivity index (χ0v) is 9.97. The molecule has 0 spiro atoms. The van der Waals surface area contributed by atoms with E-state index in [1.54, 1.807) is 6.26 Å². The molecule has 1 aromatic heterocycles. The Morgan fingerprint density at radius 1 is 1.53 bits per heavy atom. The normalized spacial score (nSPS) is 22.3. The topological polar surface area (TPSA) is 25.6 Å². The number of hydrogen-bond donors (Lipinski definition) is 0. The minimum Gasteiger partial charge on any atom is -0.467 e. The SMILES string of the molecule is Cl.ClCCN1CCOC(c2ccco2)C1. The summed E-state index contributed by atoms with van der Waals surface area (Å²) in [5.74, 6) is 1.58. The van der Waals surface area contributed by atoms with Gasteiger partial charge in [-0.3, -0.25) is 4.90 Å². The van der Waals surface area contributed by atoms with Crippen LogP contribution in [0.5, 0.6) is 0 Å². The van der Waals surface area contributed by atoms with Gasteiger partial charge in [-0.2, -0.15) is 0 Å². The predicted molar refractivity (Wildman–Crippen MR) is 61.8 cm³/mol. The van der Waals surface area contributed by atoms with Gasteiger partial charge in [0.2, 0.25) is 0 Å². The maximum Gasteiger partial charge on any atom is 0.133 e. The van der Waals surface area contributed by atoms with Gasteiger partial charge in [-0.15, -0.1) is 24.0 Å². The van der Waals surface area contributed by atoms with Gasteiger partial charge >= 0.3 is 0 Å². The number of hydrogen-bond acceptors (Lipinski definition) is 3. The lowest BCUT2D eigenvalue weighted by Crippen LogP contribution is -2.39. The summed E-state index contributed by atoms with van der Waals surface area (Å²) in [5, 5.41) is 0. The van der Waals surface area contributed by atoms with E-state index in [1.807, 2.05) is 12.1 Å². The van der Waals surface area contributed by atoms with E-state index in [-0.39, 0.29) is 18.5 Å². The molecule has 86 valence electrons. The molecule has 1 aliphatic rings. The molecule has 2 heterocycles. The summed E-state index contributed by atoms with van der Waals surface area (Å²) >= 11 is 5.70. The molecular weight excluding hydrogens is 237 g/mol. The molecule has 1 aliphatic heterocycles. The summed E-state index contributed by atoms with van der Waals surface area (Å²) in [4.78, 5) is 2.30. The van der Waals surface area contributed by atoms with Crippen molar-refractivity contribution in [3.05, 3.63) is 24.2 Å². The first kappa shape index (κ1) is 12.8. The van der Waals surface area contributed by atoms with Crippen molar-refractivity contribution in [3.63, 3.8) is 0 Å². The highest BCUT2D eigenvalue weighted by Crippen LogP contribution is 2.22. The summed E-state index contributed by atoms with van der Waals surface area (Å²) in [7, 11) is 0. The van der Waals surface area contributed by atoms with E-state index in [9.17, 15) is 0 Å². The van der Waals surface area contributed by atoms with Crippen molar-refractivity contribution in [2.45, 2.75) is 6.10 Å². The van der Waals surface area contributed by atoms with Crippen LogP contribution in [0.15, 0.2) is 22.8 Å². The Kier molecular flexibility index (Phi) is 5.47. The van der Waals surface area contributed by atoms with Crippen molar-refractivity contribution in [1.82, 2.24) is 4.90 Å². The van der Waals surface area contributed by atoms with Crippen molar-refractivity contribution in [2.75, 3.05) is 32.1 Å². The summed E-state index contributed by atoms with van der Waals surface area (Å²) < 4.78 is 10.9. The van der Waals surface area contributed by atoms with Crippen LogP contribution in [0.2, 0.25) is 0 Å². The van der Waals surface area contributed by atoms with Crippen LogP contribution in [-0.2, 0) is 4.74 Å². The maximum atomic E-state index is 5.70. The highest BCUT2D eigenvalue weighted by Gasteiger charge is 2.23. The molecule has 0 amide bonds. The van der Waals surface area contributed by atoms with Gasteiger partial charge in [0, 0.05) is 25.5 Å². The third-order valence-electron chi connectivity index (χ3n) is 2.41. The highest BCUT2D eigenvalue weighted by atomic mass is 35.5. The minimum absolute atomic E-state index is 0. The fourth-order valence-corrected chi connectivity index (χ4v) is 1.91. The smallest absolute Gasteiger partial charge is 0.133 e. The molecule has 1 unspecified atom stereocenters. The van der Waals surface area contributed by atoms with E-state index < -0.39 is 0 Å². The standard InChI is InChI=1S/C10H14ClNO2.ClH/c11-3-4-12-5-7-14-10(8-12)9-2-1-6-13-9;/h1-2,6,10H,3-5,7-8H2;1H. The predicted octanol–water partition coefficient (Wildman–Crippen LogP) is 2.31. The first-order valence-electron chi connectivity index (χ1n) is 4.83. The van der Waals surface area contributed by atoms with Gasteiger partial charge < -0.3 is 9.15 Å². The minimum atomic E-state index is 0. The van der Waals surface area contributed by atoms with Gasteiger partial charge in [0.05, 0.1) is 12.9 Å². The van der Waals surface area contributed by atoms with E-state index in [2.05, 4.69) is 4.90 Å². The Hall–Kier alpha value is -0.220. The fourth-order valence-electron chi connectivity index (χ4n) is 1.67. The zero-order valence-electron chi connectivity index (χ0n) is 8.39. The summed E-state index contributed by atoms with van der Waals surface area (Å²) in [6, 6.07) is 3.84. The quantitative estimate of drug-likeness (QED) is 0.772. The average Bonchev–Trinajstić information content (AvgIpc) is 2.71. The molecule has 15 heavy (non-hydrogen) atoms. The van der Waals surface area contributed by atoms with E-state index in [4.69, 9.17) is 20.8 Å². The number of ether oxygens (including phenoxy) is 1. The highest BCUT2D eigenvalue weighted by molar-refractivity contribution is 6.18. The molecule has 0 aromatic carbocycles. The second-order valence-electron chi connectivity index (χ2n) is 3.36. The van der Waals surface area contributed by atoms with Crippen LogP contribution in [0.3, 0.4) is 0 Å². The molecule has 0 radical (unpaired) electrons. The molecule has 1 aromatic rings. The summed E-state index contributed by atoms with van der Waals surface area (Å²) in [6.45, 7) is 3.51. The summed E-state index contributed by atoms with van der Waals surface area (Å²) in [6.07, 6.45) is 1.75. The monoisotopic (exact) mass is 251 g/mol. The molecule has 5 heteroatoms. The van der Waals surface area contributed by atoms with Crippen LogP contribution in [0.25, 0.3) is 0 Å². The van der Waals surface area contributed by atoms with Gasteiger partial charge in [0.1, 0.15) is 11.9 Å². The van der Waals surface area contributed by atoms with Crippen LogP contribution in [0.4, 0.5) is 0 Å². The van der Waals surface area contributed by atoms with E-state index in [0.717, 1.165) is 32.0 Å². The fraction of sp³-hybridized carbons (Fsp3) is 0.600. The Balaban J connectivity index is 0.00000112. The second-order valence-corrected chi connectivity index (χ2v) is 3.74. The molecule has 0 aliphatic carbocycles. The largest absolute Gasteiger partial charge is 0.467 e. The third-order valence-corrected chi connectivity index (χ3v) is 2.58. The van der Waals surface area contributed by atoms with Gasteiger partial charge in [0.25, 0.3) is 0 Å². The first-order valence-corrected chi connectivity index (χ1v) is 5.37. The van der Waals surface area contributed by atoms with Gasteiger partial charge in [-0.1, -0.05) is 0 Å². The van der Waals surface area contributed by atoms with Crippen molar-refractivity contribution in [1.29, 1.82) is 0 Å². The Bertz CT molecular complexity index is 264. The number of halogens is 2. The molecule has 1 saturated heterocycles. The Labute approximate surface area is 101 Å². The molecular formula is C10H15Cl2NO2. The number of nitrogens with zero attached hydrogens (tertiary/aromatic N) is 1. The molecule has 1 atom stereocenters. The molecule has 0 saturated carbocycles. The Morgan fingerprint density at radius 2 is 2.40 bits per heavy atom. The summed E-state index contributed by atoms with van der Waals surface area (Å²) in [5.41, 5.74) is 0. The second kappa shape index (κ2) is 6.38. The van der Waals surface area contributed by atoms with Crippen LogP contribution in [-0.4, -0.2) is 37.0 Å². The van der Waals surface area contributed by atoms with Crippen molar-refractivity contribution < 1.29 is 9.15 Å². The third kappa shape index (κ3) is 3.38. The van der Waals surface area contributed by atoms with Gasteiger partial charge in [0.15, 0.2) is 0 Å². The van der Waals surface area contributed by atoms with Gasteiger partial charge in [-0.05, 0) is 12.1 Å². The molecule has 2 rings (SSSR count). The Morgan fingerprint density at radius 3 is 3.07 bits per heavy atom. The van der Waals surface area contributed by atoms with E-state index in [1.165, 1.54) is 0 Å². The lowest BCUT2D eigenvalue weighted by Gasteiger charge is -2.31. The van der Waals surface area contributed by atoms with Crippen molar-refractivity contribution in [2.24, 2.45) is 0 Å². The van der Waals surface area contributed by atoms with Gasteiger partial charge in [-0.25, -0.2) is 0 Å².